The van der Waals surface area contributed by atoms with Gasteiger partial charge >= 0.3 is 5.37 Å². The molecule has 0 spiro atoms. The molecule has 0 saturated heterocycles. The lowest BCUT2D eigenvalue weighted by molar-refractivity contribution is 0.226. The Bertz CT molecular complexity index is 169. The molecule has 0 fully saturated rings. The van der Waals surface area contributed by atoms with Crippen molar-refractivity contribution in [2.45, 2.75) is 5.38 Å². The van der Waals surface area contributed by atoms with Crippen LogP contribution in [0.4, 0.5) is 4.79 Å². The molecule has 0 aromatic heterocycles. The summed E-state index contributed by atoms with van der Waals surface area (Å²) in [6.45, 7) is 1.09. The Morgan fingerprint density at radius 3 is 2.80 bits per heavy atom. The fourth-order valence-corrected chi connectivity index (χ4v) is 1.23. The first-order valence-corrected chi connectivity index (χ1v) is 3.76. The van der Waals surface area contributed by atoms with Crippen molar-refractivity contribution in [1.29, 1.82) is 0 Å². The summed E-state index contributed by atoms with van der Waals surface area (Å²) in [6.07, 6.45) is 3.69. The SMILES string of the molecule is O=C(Cl)N1CC=C[C@@H](Cl)C1. The number of nitrogens with zero attached hydrogens (tertiary/aromatic N) is 1. The molecule has 0 unspecified atom stereocenters. The molecule has 0 N–H and O–H groups in total. The highest BCUT2D eigenvalue weighted by molar-refractivity contribution is 6.62. The van der Waals surface area contributed by atoms with Crippen molar-refractivity contribution in [2.24, 2.45) is 0 Å². The summed E-state index contributed by atoms with van der Waals surface area (Å²) < 4.78 is 0. The standard InChI is InChI=1S/C6H7Cl2NO/c7-5-2-1-3-9(4-5)6(8)10/h1-2,5H,3-4H2/t5-/m1/s1. The molecular weight excluding hydrogens is 173 g/mol. The Balaban J connectivity index is 2.52. The second kappa shape index (κ2) is 3.26. The van der Waals surface area contributed by atoms with Gasteiger partial charge in [-0.25, -0.2) is 0 Å². The lowest BCUT2D eigenvalue weighted by Crippen LogP contribution is -2.34. The molecule has 56 valence electrons. The summed E-state index contributed by atoms with van der Waals surface area (Å²) in [5.41, 5.74) is 0. The molecule has 0 saturated carbocycles. The second-order valence-electron chi connectivity index (χ2n) is 2.10. The van der Waals surface area contributed by atoms with Gasteiger partial charge < -0.3 is 4.90 Å². The first kappa shape index (κ1) is 7.89. The third kappa shape index (κ3) is 1.89. The average molecular weight is 180 g/mol. The molecule has 2 nitrogen and oxygen atoms in total. The van der Waals surface area contributed by atoms with Crippen LogP contribution in [-0.4, -0.2) is 28.7 Å². The van der Waals surface area contributed by atoms with Crippen molar-refractivity contribution in [3.8, 4) is 0 Å². The van der Waals surface area contributed by atoms with E-state index in [1.54, 1.807) is 0 Å². The van der Waals surface area contributed by atoms with Crippen molar-refractivity contribution in [3.63, 3.8) is 0 Å². The highest BCUT2D eigenvalue weighted by Gasteiger charge is 2.15. The molecule has 0 aromatic rings. The van der Waals surface area contributed by atoms with Gasteiger partial charge in [0.05, 0.1) is 5.38 Å². The topological polar surface area (TPSA) is 20.3 Å². The molecule has 0 bridgehead atoms. The number of rotatable bonds is 0. The van der Waals surface area contributed by atoms with E-state index in [0.29, 0.717) is 13.1 Å². The summed E-state index contributed by atoms with van der Waals surface area (Å²) >= 11 is 10.9. The normalized spacial score (nSPS) is 25.0. The third-order valence-corrected chi connectivity index (χ3v) is 1.84. The Hall–Kier alpha value is -0.210. The molecule has 0 radical (unpaired) electrons. The summed E-state index contributed by atoms with van der Waals surface area (Å²) in [4.78, 5) is 12.0. The van der Waals surface area contributed by atoms with E-state index >= 15 is 0 Å². The van der Waals surface area contributed by atoms with Crippen molar-refractivity contribution >= 4 is 28.6 Å². The van der Waals surface area contributed by atoms with Gasteiger partial charge in [0.25, 0.3) is 0 Å². The largest absolute Gasteiger partial charge is 0.324 e. The van der Waals surface area contributed by atoms with Gasteiger partial charge in [-0.2, -0.15) is 0 Å². The van der Waals surface area contributed by atoms with E-state index in [0.717, 1.165) is 0 Å². The van der Waals surface area contributed by atoms with Gasteiger partial charge in [0.1, 0.15) is 0 Å². The van der Waals surface area contributed by atoms with E-state index in [1.165, 1.54) is 4.90 Å². The number of halogens is 2. The molecule has 1 heterocycles. The molecule has 10 heavy (non-hydrogen) atoms. The number of alkyl halides is 1. The van der Waals surface area contributed by atoms with Crippen LogP contribution in [0.2, 0.25) is 0 Å². The Kier molecular flexibility index (Phi) is 2.57. The lowest BCUT2D eigenvalue weighted by Gasteiger charge is -2.22. The van der Waals surface area contributed by atoms with Crippen LogP contribution in [0.3, 0.4) is 0 Å². The zero-order chi connectivity index (χ0) is 7.56. The fraction of sp³-hybridized carbons (Fsp3) is 0.500. The first-order chi connectivity index (χ1) is 4.70. The highest BCUT2D eigenvalue weighted by Crippen LogP contribution is 2.09. The van der Waals surface area contributed by atoms with Gasteiger partial charge in [0, 0.05) is 13.1 Å². The predicted molar refractivity (Wildman–Crippen MR) is 41.6 cm³/mol. The Morgan fingerprint density at radius 1 is 1.70 bits per heavy atom. The van der Waals surface area contributed by atoms with Crippen LogP contribution in [-0.2, 0) is 0 Å². The number of hydrogen-bond donors (Lipinski definition) is 0. The molecular formula is C6H7Cl2NO. The van der Waals surface area contributed by atoms with Crippen LogP contribution in [0.15, 0.2) is 12.2 Å². The maximum absolute atomic E-state index is 10.5. The maximum atomic E-state index is 10.5. The molecule has 4 heteroatoms. The van der Waals surface area contributed by atoms with Crippen LogP contribution in [0.1, 0.15) is 0 Å². The van der Waals surface area contributed by atoms with Crippen molar-refractivity contribution in [3.05, 3.63) is 12.2 Å². The van der Waals surface area contributed by atoms with E-state index in [-0.39, 0.29) is 5.38 Å². The van der Waals surface area contributed by atoms with Crippen molar-refractivity contribution in [1.82, 2.24) is 4.90 Å². The maximum Gasteiger partial charge on any atom is 0.316 e. The van der Waals surface area contributed by atoms with Gasteiger partial charge in [0.2, 0.25) is 0 Å². The molecule has 0 aromatic carbocycles. The fourth-order valence-electron chi connectivity index (χ4n) is 0.825. The molecule has 1 aliphatic rings. The third-order valence-electron chi connectivity index (χ3n) is 1.31. The number of carbonyl (C=O) groups is 1. The Morgan fingerprint density at radius 2 is 2.40 bits per heavy atom. The van der Waals surface area contributed by atoms with E-state index in [4.69, 9.17) is 23.2 Å². The quantitative estimate of drug-likeness (QED) is 0.241. The highest BCUT2D eigenvalue weighted by atomic mass is 35.5. The second-order valence-corrected chi connectivity index (χ2v) is 2.99. The lowest BCUT2D eigenvalue weighted by atomic mass is 10.3. The van der Waals surface area contributed by atoms with E-state index < -0.39 is 5.37 Å². The summed E-state index contributed by atoms with van der Waals surface area (Å²) in [7, 11) is 0. The summed E-state index contributed by atoms with van der Waals surface area (Å²) in [5.74, 6) is 0. The molecule has 1 rings (SSSR count). The predicted octanol–water partition coefficient (Wildman–Crippen LogP) is 1.82. The van der Waals surface area contributed by atoms with Crippen LogP contribution in [0.25, 0.3) is 0 Å². The smallest absolute Gasteiger partial charge is 0.316 e. The number of hydrogen-bond acceptors (Lipinski definition) is 1. The minimum atomic E-state index is -0.435. The van der Waals surface area contributed by atoms with Crippen molar-refractivity contribution < 1.29 is 4.79 Å². The Labute approximate surface area is 69.4 Å². The van der Waals surface area contributed by atoms with Gasteiger partial charge in [-0.15, -0.1) is 11.6 Å². The zero-order valence-corrected chi connectivity index (χ0v) is 6.77. The van der Waals surface area contributed by atoms with E-state index in [2.05, 4.69) is 0 Å². The van der Waals surface area contributed by atoms with Crippen LogP contribution in [0, 0.1) is 0 Å². The van der Waals surface area contributed by atoms with Gasteiger partial charge in [-0.05, 0) is 11.6 Å². The van der Waals surface area contributed by atoms with E-state index in [9.17, 15) is 4.79 Å². The summed E-state index contributed by atoms with van der Waals surface area (Å²) in [5, 5.41) is -0.522. The van der Waals surface area contributed by atoms with Crippen LogP contribution >= 0.6 is 23.2 Å². The van der Waals surface area contributed by atoms with E-state index in [1.807, 2.05) is 12.2 Å². The van der Waals surface area contributed by atoms with Crippen LogP contribution < -0.4 is 0 Å². The van der Waals surface area contributed by atoms with Crippen molar-refractivity contribution in [2.75, 3.05) is 13.1 Å². The zero-order valence-electron chi connectivity index (χ0n) is 5.26. The first-order valence-electron chi connectivity index (χ1n) is 2.95. The summed E-state index contributed by atoms with van der Waals surface area (Å²) in [6, 6.07) is 0. The molecule has 1 aliphatic heterocycles. The molecule has 0 aliphatic carbocycles. The number of amides is 1. The molecule has 1 atom stereocenters. The minimum absolute atomic E-state index is 0.0866. The minimum Gasteiger partial charge on any atom is -0.324 e. The van der Waals surface area contributed by atoms with Gasteiger partial charge in [-0.1, -0.05) is 12.2 Å². The van der Waals surface area contributed by atoms with Gasteiger partial charge in [0.15, 0.2) is 0 Å². The van der Waals surface area contributed by atoms with Crippen LogP contribution in [0.5, 0.6) is 0 Å². The monoisotopic (exact) mass is 179 g/mol. The number of carbonyl (C=O) groups excluding carboxylic acids is 1. The molecule has 1 amide bonds. The van der Waals surface area contributed by atoms with Gasteiger partial charge in [-0.3, -0.25) is 4.79 Å². The average Bonchev–Trinajstić information content (AvgIpc) is 1.88.